The van der Waals surface area contributed by atoms with E-state index in [1.165, 1.54) is 0 Å². The molecule has 132 valence electrons. The van der Waals surface area contributed by atoms with E-state index in [4.69, 9.17) is 18.9 Å². The van der Waals surface area contributed by atoms with Crippen molar-refractivity contribution in [3.63, 3.8) is 0 Å². The fraction of sp³-hybridized carbons (Fsp3) is 0.923. The maximum Gasteiger partial charge on any atom is 0.227 e. The third kappa shape index (κ3) is 3.08. The van der Waals surface area contributed by atoms with Crippen molar-refractivity contribution in [2.75, 3.05) is 13.2 Å². The lowest BCUT2D eigenvalue weighted by molar-refractivity contribution is -0.323. The summed E-state index contributed by atoms with van der Waals surface area (Å²) < 4.78 is 21.5. The Kier molecular flexibility index (Phi) is 4.85. The number of hydrogen-bond donors (Lipinski definition) is 5. The molecule has 3 rings (SSSR count). The number of rotatable bonds is 3. The fourth-order valence-electron chi connectivity index (χ4n) is 2.92. The van der Waals surface area contributed by atoms with Gasteiger partial charge >= 0.3 is 0 Å². The molecule has 3 aliphatic rings. The first-order chi connectivity index (χ1) is 10.9. The molecule has 10 heteroatoms. The lowest BCUT2D eigenvalue weighted by Crippen LogP contribution is -2.62. The molecule has 9 atom stereocenters. The second kappa shape index (κ2) is 6.57. The van der Waals surface area contributed by atoms with Gasteiger partial charge in [-0.05, 0) is 0 Å². The van der Waals surface area contributed by atoms with E-state index in [0.717, 1.165) is 0 Å². The van der Waals surface area contributed by atoms with E-state index >= 15 is 0 Å². The summed E-state index contributed by atoms with van der Waals surface area (Å²) >= 11 is 0. The Labute approximate surface area is 131 Å². The van der Waals surface area contributed by atoms with Crippen LogP contribution in [0.2, 0.25) is 0 Å². The molecule has 0 aliphatic carbocycles. The van der Waals surface area contributed by atoms with Gasteiger partial charge in [-0.2, -0.15) is 0 Å². The molecule has 0 aromatic rings. The fourth-order valence-corrected chi connectivity index (χ4v) is 2.92. The van der Waals surface area contributed by atoms with Crippen molar-refractivity contribution >= 4 is 5.90 Å². The van der Waals surface area contributed by atoms with Crippen LogP contribution in [0.4, 0.5) is 0 Å². The zero-order valence-electron chi connectivity index (χ0n) is 12.4. The number of hydrogen-bond acceptors (Lipinski definition) is 10. The van der Waals surface area contributed by atoms with Crippen LogP contribution < -0.4 is 0 Å². The molecule has 0 spiro atoms. The maximum atomic E-state index is 10.4. The Hall–Kier alpha value is -0.850. The minimum atomic E-state index is -1.51. The minimum absolute atomic E-state index is 0.233. The molecule has 2 fully saturated rings. The molecule has 0 unspecified atom stereocenters. The van der Waals surface area contributed by atoms with Crippen molar-refractivity contribution in [3.8, 4) is 0 Å². The Morgan fingerprint density at radius 2 is 1.91 bits per heavy atom. The van der Waals surface area contributed by atoms with Crippen molar-refractivity contribution in [3.05, 3.63) is 0 Å². The molecule has 3 aliphatic heterocycles. The minimum Gasteiger partial charge on any atom is -0.450 e. The molecule has 0 radical (unpaired) electrons. The van der Waals surface area contributed by atoms with Gasteiger partial charge in [-0.3, -0.25) is 0 Å². The second-order valence-electron chi connectivity index (χ2n) is 5.82. The number of ether oxygens (including phenoxy) is 4. The van der Waals surface area contributed by atoms with Gasteiger partial charge in [0.05, 0.1) is 13.2 Å². The topological polar surface area (TPSA) is 150 Å². The molecule has 0 amide bonds. The van der Waals surface area contributed by atoms with E-state index < -0.39 is 61.9 Å². The van der Waals surface area contributed by atoms with Crippen LogP contribution >= 0.6 is 0 Å². The highest BCUT2D eigenvalue weighted by atomic mass is 16.7. The van der Waals surface area contributed by atoms with Crippen molar-refractivity contribution in [2.24, 2.45) is 4.99 Å². The number of aliphatic hydroxyl groups excluding tert-OH is 5. The monoisotopic (exact) mass is 335 g/mol. The Balaban J connectivity index is 1.72. The first kappa shape index (κ1) is 17.0. The molecule has 2 saturated heterocycles. The third-order valence-corrected chi connectivity index (χ3v) is 4.18. The normalized spacial score (nSPS) is 50.2. The maximum absolute atomic E-state index is 10.4. The third-order valence-electron chi connectivity index (χ3n) is 4.18. The average Bonchev–Trinajstić information content (AvgIpc) is 2.90. The van der Waals surface area contributed by atoms with E-state index in [9.17, 15) is 25.5 Å². The molecular weight excluding hydrogens is 314 g/mol. The summed E-state index contributed by atoms with van der Waals surface area (Å²) in [6, 6.07) is -0.723. The van der Waals surface area contributed by atoms with Gasteiger partial charge in [0, 0.05) is 6.92 Å². The summed E-state index contributed by atoms with van der Waals surface area (Å²) in [5.41, 5.74) is 0. The summed E-state index contributed by atoms with van der Waals surface area (Å²) in [7, 11) is 0. The summed E-state index contributed by atoms with van der Waals surface area (Å²) in [6.07, 6.45) is -9.41. The lowest BCUT2D eigenvalue weighted by atomic mass is 9.97. The predicted octanol–water partition coefficient (Wildman–Crippen LogP) is -3.29. The number of aliphatic imine (C=N–C) groups is 1. The van der Waals surface area contributed by atoms with Gasteiger partial charge < -0.3 is 44.5 Å². The van der Waals surface area contributed by atoms with Crippen molar-refractivity contribution in [1.82, 2.24) is 0 Å². The van der Waals surface area contributed by atoms with Gasteiger partial charge in [-0.25, -0.2) is 4.99 Å². The highest BCUT2D eigenvalue weighted by Crippen LogP contribution is 2.31. The van der Waals surface area contributed by atoms with Gasteiger partial charge in [-0.1, -0.05) is 0 Å². The Bertz CT molecular complexity index is 461. The van der Waals surface area contributed by atoms with Crippen molar-refractivity contribution in [1.29, 1.82) is 0 Å². The molecule has 3 heterocycles. The van der Waals surface area contributed by atoms with E-state index in [2.05, 4.69) is 4.99 Å². The van der Waals surface area contributed by atoms with E-state index in [1.54, 1.807) is 6.92 Å². The first-order valence-electron chi connectivity index (χ1n) is 7.39. The highest BCUT2D eigenvalue weighted by Gasteiger charge is 2.51. The quantitative estimate of drug-likeness (QED) is 0.357. The number of nitrogens with zero attached hydrogens (tertiary/aromatic N) is 1. The SMILES string of the molecule is CC1=N[C@H]2[C@@H](O1)O[C@H](CO)[C@@H](O[C@@H]1OC[C@@H](O)[C@H](O)[C@H]1O)[C@@H]2O. The first-order valence-corrected chi connectivity index (χ1v) is 7.39. The van der Waals surface area contributed by atoms with Crippen LogP contribution in [0.15, 0.2) is 4.99 Å². The van der Waals surface area contributed by atoms with Crippen LogP contribution in [0.25, 0.3) is 0 Å². The molecular formula is C13H21NO9. The van der Waals surface area contributed by atoms with E-state index in [-0.39, 0.29) is 6.61 Å². The van der Waals surface area contributed by atoms with Crippen LogP contribution in [0, 0.1) is 0 Å². The average molecular weight is 335 g/mol. The lowest BCUT2D eigenvalue weighted by Gasteiger charge is -2.43. The van der Waals surface area contributed by atoms with Crippen LogP contribution in [-0.4, -0.2) is 99.9 Å². The molecule has 5 N–H and O–H groups in total. The van der Waals surface area contributed by atoms with Crippen molar-refractivity contribution < 1.29 is 44.5 Å². The Morgan fingerprint density at radius 1 is 1.17 bits per heavy atom. The summed E-state index contributed by atoms with van der Waals surface area (Å²) in [6.45, 7) is 0.925. The molecule has 0 aromatic carbocycles. The van der Waals surface area contributed by atoms with Gasteiger partial charge in [0.2, 0.25) is 6.29 Å². The molecule has 0 bridgehead atoms. The van der Waals surface area contributed by atoms with Crippen molar-refractivity contribution in [2.45, 2.75) is 62.2 Å². The van der Waals surface area contributed by atoms with E-state index in [1.807, 2.05) is 0 Å². The number of aliphatic hydroxyl groups is 5. The standard InChI is InChI=1S/C13H21NO9/c1-4-14-7-9(18)11(6(2-15)22-12(7)21-4)23-13-10(19)8(17)5(16)3-20-13/h5-13,15-19H,2-3H2,1H3/t5-,6-,7-,8+,9-,10-,11-,12+,13+/m1/s1. The van der Waals surface area contributed by atoms with Gasteiger partial charge in [0.1, 0.15) is 42.7 Å². The zero-order chi connectivity index (χ0) is 16.7. The van der Waals surface area contributed by atoms with Crippen LogP contribution in [0.1, 0.15) is 6.92 Å². The molecule has 0 aromatic heterocycles. The van der Waals surface area contributed by atoms with E-state index in [0.29, 0.717) is 5.90 Å². The molecule has 23 heavy (non-hydrogen) atoms. The highest BCUT2D eigenvalue weighted by molar-refractivity contribution is 5.75. The Morgan fingerprint density at radius 3 is 2.61 bits per heavy atom. The second-order valence-corrected chi connectivity index (χ2v) is 5.82. The summed E-state index contributed by atoms with van der Waals surface area (Å²) in [5.74, 6) is 0.351. The molecule has 10 nitrogen and oxygen atoms in total. The van der Waals surface area contributed by atoms with Crippen LogP contribution in [0.5, 0.6) is 0 Å². The van der Waals surface area contributed by atoms with Gasteiger partial charge in [0.15, 0.2) is 12.2 Å². The van der Waals surface area contributed by atoms with Crippen LogP contribution in [0.3, 0.4) is 0 Å². The zero-order valence-corrected chi connectivity index (χ0v) is 12.4. The van der Waals surface area contributed by atoms with Gasteiger partial charge in [-0.15, -0.1) is 0 Å². The predicted molar refractivity (Wildman–Crippen MR) is 72.4 cm³/mol. The van der Waals surface area contributed by atoms with Gasteiger partial charge in [0.25, 0.3) is 0 Å². The van der Waals surface area contributed by atoms with Crippen LogP contribution in [-0.2, 0) is 18.9 Å². The summed E-state index contributed by atoms with van der Waals surface area (Å²) in [5, 5.41) is 48.9. The number of fused-ring (bicyclic) bond motifs is 1. The largest absolute Gasteiger partial charge is 0.450 e. The molecule has 0 saturated carbocycles. The smallest absolute Gasteiger partial charge is 0.227 e. The summed E-state index contributed by atoms with van der Waals surface area (Å²) in [4.78, 5) is 4.11.